The molecule has 6 nitrogen and oxygen atoms in total. The first-order chi connectivity index (χ1) is 29.4. The van der Waals surface area contributed by atoms with E-state index in [0.29, 0.717) is 19.3 Å². The second-order valence-corrected chi connectivity index (χ2v) is 19.0. The Bertz CT molecular complexity index is 903. The van der Waals surface area contributed by atoms with Gasteiger partial charge in [0.15, 0.2) is 6.10 Å². The third kappa shape index (κ3) is 47.5. The van der Waals surface area contributed by atoms with E-state index in [2.05, 4.69) is 27.7 Å². The minimum atomic E-state index is -0.760. The molecule has 0 unspecified atom stereocenters. The van der Waals surface area contributed by atoms with Gasteiger partial charge in [0.05, 0.1) is 0 Å². The molecule has 0 saturated heterocycles. The molecule has 0 amide bonds. The molecule has 0 aromatic rings. The van der Waals surface area contributed by atoms with Gasteiger partial charge in [-0.15, -0.1) is 0 Å². The lowest BCUT2D eigenvalue weighted by Gasteiger charge is -2.18. The Labute approximate surface area is 374 Å². The van der Waals surface area contributed by atoms with E-state index in [9.17, 15) is 14.4 Å². The predicted molar refractivity (Wildman–Crippen MR) is 257 cm³/mol. The van der Waals surface area contributed by atoms with Gasteiger partial charge < -0.3 is 14.2 Å². The quantitative estimate of drug-likeness (QED) is 0.0345. The molecule has 0 aliphatic carbocycles. The highest BCUT2D eigenvalue weighted by Crippen LogP contribution is 2.17. The summed E-state index contributed by atoms with van der Waals surface area (Å²) in [6.45, 7) is 9.04. The van der Waals surface area contributed by atoms with E-state index in [0.717, 1.165) is 63.7 Å². The number of hydrogen-bond donors (Lipinski definition) is 0. The van der Waals surface area contributed by atoms with Crippen molar-refractivity contribution in [3.8, 4) is 0 Å². The molecule has 0 bridgehead atoms. The average molecular weight is 849 g/mol. The summed E-state index contributed by atoms with van der Waals surface area (Å²) in [6.07, 6.45) is 50.9. The van der Waals surface area contributed by atoms with Crippen LogP contribution in [0, 0.1) is 5.92 Å². The summed E-state index contributed by atoms with van der Waals surface area (Å²) < 4.78 is 16.8. The SMILES string of the molecule is CCCCCCCCCCCCCCCC(=O)OC[C@H](COC(=O)CCCCCCCCCCCCCCCCCC(C)C)OC(=O)CCCCCCCCCCCCC. The molecule has 0 heterocycles. The fourth-order valence-electron chi connectivity index (χ4n) is 8.22. The second-order valence-electron chi connectivity index (χ2n) is 19.0. The lowest BCUT2D eigenvalue weighted by molar-refractivity contribution is -0.167. The van der Waals surface area contributed by atoms with Crippen molar-refractivity contribution in [2.45, 2.75) is 310 Å². The summed E-state index contributed by atoms with van der Waals surface area (Å²) in [5, 5.41) is 0. The molecule has 0 aromatic carbocycles. The summed E-state index contributed by atoms with van der Waals surface area (Å²) in [6, 6.07) is 0. The van der Waals surface area contributed by atoms with Crippen LogP contribution >= 0.6 is 0 Å². The highest BCUT2D eigenvalue weighted by atomic mass is 16.6. The fraction of sp³-hybridized carbons (Fsp3) is 0.944. The first kappa shape index (κ1) is 58.4. The van der Waals surface area contributed by atoms with Gasteiger partial charge in [0, 0.05) is 19.3 Å². The first-order valence-electron chi connectivity index (χ1n) is 26.9. The minimum absolute atomic E-state index is 0.0624. The van der Waals surface area contributed by atoms with Gasteiger partial charge in [0.2, 0.25) is 0 Å². The van der Waals surface area contributed by atoms with Crippen LogP contribution in [0.4, 0.5) is 0 Å². The topological polar surface area (TPSA) is 78.9 Å². The van der Waals surface area contributed by atoms with Crippen molar-refractivity contribution < 1.29 is 28.6 Å². The van der Waals surface area contributed by atoms with Crippen LogP contribution in [0.2, 0.25) is 0 Å². The average Bonchev–Trinajstić information content (AvgIpc) is 3.23. The van der Waals surface area contributed by atoms with Crippen molar-refractivity contribution in [2.24, 2.45) is 5.92 Å². The van der Waals surface area contributed by atoms with E-state index in [1.165, 1.54) is 199 Å². The Kier molecular flexibility index (Phi) is 47.2. The molecule has 0 radical (unpaired) electrons. The Morgan fingerprint density at radius 3 is 0.817 bits per heavy atom. The summed E-state index contributed by atoms with van der Waals surface area (Å²) in [4.78, 5) is 37.9. The zero-order chi connectivity index (χ0) is 43.8. The molecule has 0 saturated carbocycles. The zero-order valence-corrected chi connectivity index (χ0v) is 40.9. The van der Waals surface area contributed by atoms with E-state index in [4.69, 9.17) is 14.2 Å². The standard InChI is InChI=1S/C54H104O6/c1-5-7-9-11-13-15-17-21-26-29-33-37-41-45-52(55)58-48-51(60-54(57)47-43-39-35-31-24-16-14-12-10-8-6-2)49-59-53(56)46-42-38-34-30-27-23-20-18-19-22-25-28-32-36-40-44-50(3)4/h50-51H,5-49H2,1-4H3/t51-/m1/s1. The molecule has 6 heteroatoms. The van der Waals surface area contributed by atoms with Gasteiger partial charge in [-0.3, -0.25) is 14.4 Å². The zero-order valence-electron chi connectivity index (χ0n) is 40.9. The number of esters is 3. The van der Waals surface area contributed by atoms with Gasteiger partial charge in [-0.2, -0.15) is 0 Å². The van der Waals surface area contributed by atoms with E-state index in [-0.39, 0.29) is 31.1 Å². The molecule has 0 spiro atoms. The van der Waals surface area contributed by atoms with Gasteiger partial charge in [-0.05, 0) is 25.2 Å². The van der Waals surface area contributed by atoms with Crippen molar-refractivity contribution in [3.63, 3.8) is 0 Å². The number of carbonyl (C=O) groups is 3. The lowest BCUT2D eigenvalue weighted by atomic mass is 10.0. The molecule has 60 heavy (non-hydrogen) atoms. The van der Waals surface area contributed by atoms with E-state index < -0.39 is 6.10 Å². The van der Waals surface area contributed by atoms with Gasteiger partial charge in [-0.25, -0.2) is 0 Å². The van der Waals surface area contributed by atoms with Crippen molar-refractivity contribution in [1.82, 2.24) is 0 Å². The number of carbonyl (C=O) groups excluding carboxylic acids is 3. The maximum absolute atomic E-state index is 12.8. The van der Waals surface area contributed by atoms with Crippen molar-refractivity contribution >= 4 is 17.9 Å². The molecule has 0 fully saturated rings. The molecule has 0 aliphatic rings. The lowest BCUT2D eigenvalue weighted by Crippen LogP contribution is -2.30. The number of hydrogen-bond acceptors (Lipinski definition) is 6. The third-order valence-corrected chi connectivity index (χ3v) is 12.3. The summed E-state index contributed by atoms with van der Waals surface area (Å²) >= 11 is 0. The van der Waals surface area contributed by atoms with Crippen LogP contribution in [-0.2, 0) is 28.6 Å². The predicted octanol–water partition coefficient (Wildman–Crippen LogP) is 17.5. The molecule has 1 atom stereocenters. The van der Waals surface area contributed by atoms with Crippen LogP contribution in [-0.4, -0.2) is 37.2 Å². The normalized spacial score (nSPS) is 11.9. The van der Waals surface area contributed by atoms with Crippen molar-refractivity contribution in [1.29, 1.82) is 0 Å². The summed E-state index contributed by atoms with van der Waals surface area (Å²) in [5.74, 6) is 0.00748. The molecule has 0 aliphatic heterocycles. The van der Waals surface area contributed by atoms with Crippen LogP contribution in [0.25, 0.3) is 0 Å². The van der Waals surface area contributed by atoms with E-state index in [1.54, 1.807) is 0 Å². The highest BCUT2D eigenvalue weighted by molar-refractivity contribution is 5.71. The third-order valence-electron chi connectivity index (χ3n) is 12.3. The highest BCUT2D eigenvalue weighted by Gasteiger charge is 2.19. The number of ether oxygens (including phenoxy) is 3. The van der Waals surface area contributed by atoms with Crippen LogP contribution in [0.1, 0.15) is 304 Å². The van der Waals surface area contributed by atoms with Crippen LogP contribution < -0.4 is 0 Å². The van der Waals surface area contributed by atoms with Crippen LogP contribution in [0.15, 0.2) is 0 Å². The molecule has 356 valence electrons. The van der Waals surface area contributed by atoms with E-state index >= 15 is 0 Å². The fourth-order valence-corrected chi connectivity index (χ4v) is 8.22. The minimum Gasteiger partial charge on any atom is -0.462 e. The maximum Gasteiger partial charge on any atom is 0.306 e. The summed E-state index contributed by atoms with van der Waals surface area (Å²) in [5.41, 5.74) is 0. The van der Waals surface area contributed by atoms with E-state index in [1.807, 2.05) is 0 Å². The van der Waals surface area contributed by atoms with Gasteiger partial charge in [-0.1, -0.05) is 265 Å². The van der Waals surface area contributed by atoms with Gasteiger partial charge in [0.25, 0.3) is 0 Å². The summed E-state index contributed by atoms with van der Waals surface area (Å²) in [7, 11) is 0. The molecular weight excluding hydrogens is 745 g/mol. The van der Waals surface area contributed by atoms with Gasteiger partial charge in [0.1, 0.15) is 13.2 Å². The molecular formula is C54H104O6. The van der Waals surface area contributed by atoms with Crippen molar-refractivity contribution in [3.05, 3.63) is 0 Å². The smallest absolute Gasteiger partial charge is 0.306 e. The maximum atomic E-state index is 12.8. The Morgan fingerprint density at radius 1 is 0.317 bits per heavy atom. The molecule has 0 N–H and O–H groups in total. The molecule has 0 rings (SSSR count). The number of unbranched alkanes of at least 4 members (excludes halogenated alkanes) is 36. The van der Waals surface area contributed by atoms with Crippen molar-refractivity contribution in [2.75, 3.05) is 13.2 Å². The Hall–Kier alpha value is -1.59. The van der Waals surface area contributed by atoms with Crippen LogP contribution in [0.3, 0.4) is 0 Å². The van der Waals surface area contributed by atoms with Crippen LogP contribution in [0.5, 0.6) is 0 Å². The Morgan fingerprint density at radius 2 is 0.550 bits per heavy atom. The first-order valence-corrected chi connectivity index (χ1v) is 26.9. The molecule has 0 aromatic heterocycles. The largest absolute Gasteiger partial charge is 0.462 e. The monoisotopic (exact) mass is 849 g/mol. The Balaban J connectivity index is 4.25. The van der Waals surface area contributed by atoms with Gasteiger partial charge >= 0.3 is 17.9 Å². The number of rotatable bonds is 49. The second kappa shape index (κ2) is 48.4.